The lowest BCUT2D eigenvalue weighted by molar-refractivity contribution is 0.0601. The maximum absolute atomic E-state index is 12.6. The number of aliphatic hydroxyl groups excluding tert-OH is 1. The molecular formula is C21H16ClN3O4S2. The number of hydrogen-bond donors (Lipinski definition) is 3. The minimum atomic E-state index is -1.20. The molecule has 2 heterocycles. The lowest BCUT2D eigenvalue weighted by atomic mass is 10.1. The zero-order chi connectivity index (χ0) is 22.0. The maximum atomic E-state index is 12.6. The highest BCUT2D eigenvalue weighted by Crippen LogP contribution is 2.39. The minimum absolute atomic E-state index is 0.171. The summed E-state index contributed by atoms with van der Waals surface area (Å²) in [6.07, 6.45) is 0.379. The Labute approximate surface area is 190 Å². The molecule has 1 unspecified atom stereocenters. The van der Waals surface area contributed by atoms with E-state index in [-0.39, 0.29) is 16.8 Å². The maximum Gasteiger partial charge on any atom is 0.339 e. The zero-order valence-corrected chi connectivity index (χ0v) is 18.5. The van der Waals surface area contributed by atoms with Gasteiger partial charge in [0.25, 0.3) is 5.91 Å². The van der Waals surface area contributed by atoms with Gasteiger partial charge >= 0.3 is 5.97 Å². The van der Waals surface area contributed by atoms with Gasteiger partial charge in [0.1, 0.15) is 0 Å². The molecule has 31 heavy (non-hydrogen) atoms. The number of halogens is 1. The molecule has 10 heteroatoms. The molecule has 1 amide bonds. The van der Waals surface area contributed by atoms with E-state index in [4.69, 9.17) is 16.3 Å². The lowest BCUT2D eigenvalue weighted by Gasteiger charge is -2.17. The molecule has 0 bridgehead atoms. The average Bonchev–Trinajstić information content (AvgIpc) is 3.41. The first-order valence-corrected chi connectivity index (χ1v) is 11.1. The summed E-state index contributed by atoms with van der Waals surface area (Å²) in [5, 5.41) is 19.8. The van der Waals surface area contributed by atoms with Gasteiger partial charge in [-0.2, -0.15) is 0 Å². The number of fused-ring (bicyclic) bond motifs is 1. The Balaban J connectivity index is 1.66. The van der Waals surface area contributed by atoms with Crippen molar-refractivity contribution in [1.82, 2.24) is 4.98 Å². The van der Waals surface area contributed by atoms with Crippen LogP contribution in [0.3, 0.4) is 0 Å². The number of nitrogens with zero attached hydrogens (tertiary/aromatic N) is 1. The van der Waals surface area contributed by atoms with Gasteiger partial charge in [-0.05, 0) is 24.3 Å². The number of aromatic nitrogens is 1. The van der Waals surface area contributed by atoms with E-state index in [1.807, 2.05) is 24.3 Å². The minimum Gasteiger partial charge on any atom is -0.465 e. The molecule has 2 aromatic carbocycles. The van der Waals surface area contributed by atoms with Gasteiger partial charge in [-0.15, -0.1) is 22.7 Å². The number of ether oxygens (including phenoxy) is 1. The normalized spacial score (nSPS) is 11.8. The van der Waals surface area contributed by atoms with Crippen molar-refractivity contribution in [3.8, 4) is 0 Å². The second-order valence-corrected chi connectivity index (χ2v) is 8.72. The number of rotatable bonds is 6. The number of carbonyl (C=O) groups excluding carboxylic acids is 2. The van der Waals surface area contributed by atoms with E-state index in [2.05, 4.69) is 15.6 Å². The summed E-state index contributed by atoms with van der Waals surface area (Å²) in [6, 6.07) is 12.0. The van der Waals surface area contributed by atoms with E-state index in [9.17, 15) is 14.7 Å². The summed E-state index contributed by atoms with van der Waals surface area (Å²) in [4.78, 5) is 29.3. The average molecular weight is 474 g/mol. The Morgan fingerprint density at radius 3 is 2.74 bits per heavy atom. The van der Waals surface area contributed by atoms with Crippen LogP contribution in [0.25, 0.3) is 10.1 Å². The summed E-state index contributed by atoms with van der Waals surface area (Å²) in [5.41, 5.74) is 0.684. The van der Waals surface area contributed by atoms with Gasteiger partial charge in [0, 0.05) is 27.2 Å². The van der Waals surface area contributed by atoms with Crippen LogP contribution in [0.15, 0.2) is 54.0 Å². The first-order chi connectivity index (χ1) is 15.0. The van der Waals surface area contributed by atoms with E-state index in [0.29, 0.717) is 15.0 Å². The number of aliphatic hydroxyl groups is 1. The number of methoxy groups -OCH3 is 1. The van der Waals surface area contributed by atoms with Crippen molar-refractivity contribution in [2.45, 2.75) is 6.23 Å². The van der Waals surface area contributed by atoms with Crippen molar-refractivity contribution in [1.29, 1.82) is 0 Å². The summed E-state index contributed by atoms with van der Waals surface area (Å²) in [6.45, 7) is 0. The van der Waals surface area contributed by atoms with Crippen LogP contribution in [0.1, 0.15) is 31.8 Å². The second-order valence-electron chi connectivity index (χ2n) is 6.37. The number of hydrogen-bond acceptors (Lipinski definition) is 8. The molecular weight excluding hydrogens is 458 g/mol. The van der Waals surface area contributed by atoms with Gasteiger partial charge in [0.05, 0.1) is 28.3 Å². The Kier molecular flexibility index (Phi) is 6.19. The van der Waals surface area contributed by atoms with Gasteiger partial charge in [0.2, 0.25) is 0 Å². The summed E-state index contributed by atoms with van der Waals surface area (Å²) >= 11 is 9.08. The van der Waals surface area contributed by atoms with Crippen molar-refractivity contribution < 1.29 is 19.4 Å². The van der Waals surface area contributed by atoms with Crippen LogP contribution in [0.2, 0.25) is 5.02 Å². The molecule has 0 spiro atoms. The van der Waals surface area contributed by atoms with Crippen LogP contribution in [-0.2, 0) is 4.74 Å². The van der Waals surface area contributed by atoms with E-state index >= 15 is 0 Å². The van der Waals surface area contributed by atoms with Crippen LogP contribution in [-0.4, -0.2) is 29.1 Å². The highest BCUT2D eigenvalue weighted by Gasteiger charge is 2.21. The third kappa shape index (κ3) is 4.40. The first kappa shape index (κ1) is 21.3. The predicted molar refractivity (Wildman–Crippen MR) is 123 cm³/mol. The predicted octanol–water partition coefficient (Wildman–Crippen LogP) is 5.15. The van der Waals surface area contributed by atoms with E-state index < -0.39 is 18.1 Å². The van der Waals surface area contributed by atoms with Crippen molar-refractivity contribution in [3.05, 3.63) is 75.1 Å². The molecule has 158 valence electrons. The molecule has 3 N–H and O–H groups in total. The summed E-state index contributed by atoms with van der Waals surface area (Å²) < 4.78 is 5.75. The molecule has 2 aromatic heterocycles. The standard InChI is InChI=1S/C21H16ClN3O4S2/c1-29-20(28)12-7-6-11(18(26)25-21-23-8-9-30-21)10-14(12)24-19(27)17-16(22)13-4-2-3-5-15(13)31-17/h2-10,19,24,27H,1H3,(H,23,25,26). The molecule has 0 saturated heterocycles. The second kappa shape index (κ2) is 9.03. The van der Waals surface area contributed by atoms with Crippen molar-refractivity contribution in [3.63, 3.8) is 0 Å². The monoisotopic (exact) mass is 473 g/mol. The first-order valence-electron chi connectivity index (χ1n) is 9.02. The Bertz CT molecular complexity index is 1260. The number of amides is 1. The zero-order valence-electron chi connectivity index (χ0n) is 16.1. The summed E-state index contributed by atoms with van der Waals surface area (Å²) in [7, 11) is 1.26. The largest absolute Gasteiger partial charge is 0.465 e. The van der Waals surface area contributed by atoms with Crippen LogP contribution in [0.4, 0.5) is 10.8 Å². The number of anilines is 2. The molecule has 0 aliphatic carbocycles. The Morgan fingerprint density at radius 1 is 1.23 bits per heavy atom. The van der Waals surface area contributed by atoms with Crippen molar-refractivity contribution in [2.75, 3.05) is 17.7 Å². The van der Waals surface area contributed by atoms with E-state index in [1.165, 1.54) is 48.0 Å². The van der Waals surface area contributed by atoms with Gasteiger partial charge in [-0.3, -0.25) is 10.1 Å². The van der Waals surface area contributed by atoms with Crippen LogP contribution in [0, 0.1) is 0 Å². The third-order valence-corrected chi connectivity index (χ3v) is 6.87. The summed E-state index contributed by atoms with van der Waals surface area (Å²) in [5.74, 6) is -1.01. The number of thiophene rings is 1. The quantitative estimate of drug-likeness (QED) is 0.264. The number of benzene rings is 2. The van der Waals surface area contributed by atoms with Crippen molar-refractivity contribution in [2.24, 2.45) is 0 Å². The molecule has 1 atom stereocenters. The van der Waals surface area contributed by atoms with Crippen LogP contribution < -0.4 is 10.6 Å². The molecule has 4 rings (SSSR count). The molecule has 0 aliphatic heterocycles. The Hall–Kier alpha value is -2.98. The third-order valence-electron chi connectivity index (χ3n) is 4.44. The number of esters is 1. The van der Waals surface area contributed by atoms with Crippen molar-refractivity contribution >= 4 is 67.1 Å². The van der Waals surface area contributed by atoms with Crippen LogP contribution >= 0.6 is 34.3 Å². The molecule has 0 radical (unpaired) electrons. The fourth-order valence-corrected chi connectivity index (χ4v) is 4.97. The lowest BCUT2D eigenvalue weighted by Crippen LogP contribution is -2.16. The molecule has 0 aliphatic rings. The highest BCUT2D eigenvalue weighted by atomic mass is 35.5. The van der Waals surface area contributed by atoms with Crippen LogP contribution in [0.5, 0.6) is 0 Å². The molecule has 0 fully saturated rings. The van der Waals surface area contributed by atoms with E-state index in [1.54, 1.807) is 11.6 Å². The number of nitrogens with one attached hydrogen (secondary N) is 2. The number of thiazole rings is 1. The van der Waals surface area contributed by atoms with Gasteiger partial charge < -0.3 is 15.2 Å². The fourth-order valence-electron chi connectivity index (χ4n) is 2.97. The Morgan fingerprint density at radius 2 is 2.03 bits per heavy atom. The smallest absolute Gasteiger partial charge is 0.339 e. The molecule has 7 nitrogen and oxygen atoms in total. The fraction of sp³-hybridized carbons (Fsp3) is 0.0952. The topological polar surface area (TPSA) is 101 Å². The van der Waals surface area contributed by atoms with E-state index in [0.717, 1.165) is 10.1 Å². The molecule has 4 aromatic rings. The van der Waals surface area contributed by atoms with Gasteiger partial charge in [0.15, 0.2) is 11.4 Å². The SMILES string of the molecule is COC(=O)c1ccc(C(=O)Nc2nccs2)cc1NC(O)c1sc2ccccc2c1Cl. The van der Waals surface area contributed by atoms with Gasteiger partial charge in [-0.1, -0.05) is 29.8 Å². The van der Waals surface area contributed by atoms with Gasteiger partial charge in [-0.25, -0.2) is 9.78 Å². The number of carbonyl (C=O) groups is 2. The molecule has 0 saturated carbocycles. The highest BCUT2D eigenvalue weighted by molar-refractivity contribution is 7.19.